The Balaban J connectivity index is 1.50. The topological polar surface area (TPSA) is 97.0 Å². The lowest BCUT2D eigenvalue weighted by atomic mass is 9.94. The summed E-state index contributed by atoms with van der Waals surface area (Å²) in [6, 6.07) is 4.89. The quantitative estimate of drug-likeness (QED) is 0.499. The van der Waals surface area contributed by atoms with Crippen LogP contribution in [0.25, 0.3) is 0 Å². The van der Waals surface area contributed by atoms with Gasteiger partial charge in [0.2, 0.25) is 12.7 Å². The third kappa shape index (κ3) is 4.37. The Morgan fingerprint density at radius 1 is 1.21 bits per heavy atom. The Labute approximate surface area is 164 Å². The van der Waals surface area contributed by atoms with Crippen molar-refractivity contribution in [2.45, 2.75) is 58.0 Å². The molecule has 0 spiro atoms. The van der Waals surface area contributed by atoms with E-state index >= 15 is 0 Å². The Morgan fingerprint density at radius 2 is 2.00 bits per heavy atom. The van der Waals surface area contributed by atoms with E-state index in [1.807, 2.05) is 6.07 Å². The number of nitrogens with zero attached hydrogens (tertiary/aromatic N) is 1. The Morgan fingerprint density at radius 3 is 2.79 bits per heavy atom. The molecule has 1 atom stereocenters. The molecule has 28 heavy (non-hydrogen) atoms. The molecule has 1 aromatic carbocycles. The lowest BCUT2D eigenvalue weighted by Crippen LogP contribution is -2.45. The van der Waals surface area contributed by atoms with E-state index in [-0.39, 0.29) is 25.8 Å². The molecule has 2 N–H and O–H groups in total. The minimum Gasteiger partial charge on any atom is -0.454 e. The van der Waals surface area contributed by atoms with E-state index in [4.69, 9.17) is 9.47 Å². The highest BCUT2D eigenvalue weighted by Gasteiger charge is 2.47. The second-order valence-corrected chi connectivity index (χ2v) is 7.43. The number of carbonyl (C=O) groups excluding carboxylic acids is 3. The van der Waals surface area contributed by atoms with Crippen molar-refractivity contribution < 1.29 is 23.9 Å². The molecule has 0 aromatic heterocycles. The van der Waals surface area contributed by atoms with Gasteiger partial charge in [0.1, 0.15) is 12.1 Å². The SMILES string of the molecule is CCCCCCC1(C)NC(=O)N(CC(=O)NCc2ccc3c(c2)OCO3)C1=O. The molecule has 1 aromatic rings. The van der Waals surface area contributed by atoms with Gasteiger partial charge in [-0.3, -0.25) is 14.5 Å². The number of ether oxygens (including phenoxy) is 2. The summed E-state index contributed by atoms with van der Waals surface area (Å²) in [4.78, 5) is 38.1. The maximum Gasteiger partial charge on any atom is 0.325 e. The van der Waals surface area contributed by atoms with Crippen molar-refractivity contribution in [3.8, 4) is 11.5 Å². The molecular weight excluding hydrogens is 362 g/mol. The van der Waals surface area contributed by atoms with Crippen LogP contribution in [0.4, 0.5) is 4.79 Å². The highest BCUT2D eigenvalue weighted by atomic mass is 16.7. The van der Waals surface area contributed by atoms with Crippen molar-refractivity contribution in [2.75, 3.05) is 13.3 Å². The standard InChI is InChI=1S/C20H27N3O5/c1-3-4-5-6-9-20(2)18(25)23(19(26)22-20)12-17(24)21-11-14-7-8-15-16(10-14)28-13-27-15/h7-8,10H,3-6,9,11-13H2,1-2H3,(H,21,24)(H,22,26). The van der Waals surface area contributed by atoms with Crippen LogP contribution in [0.1, 0.15) is 51.5 Å². The zero-order valence-corrected chi connectivity index (χ0v) is 16.4. The minimum atomic E-state index is -0.928. The number of hydrogen-bond donors (Lipinski definition) is 2. The first-order chi connectivity index (χ1) is 13.4. The van der Waals surface area contributed by atoms with Gasteiger partial charge in [0.25, 0.3) is 5.91 Å². The first-order valence-electron chi connectivity index (χ1n) is 9.72. The highest BCUT2D eigenvalue weighted by molar-refractivity contribution is 6.08. The van der Waals surface area contributed by atoms with Crippen molar-refractivity contribution in [1.82, 2.24) is 15.5 Å². The van der Waals surface area contributed by atoms with E-state index < -0.39 is 17.5 Å². The first-order valence-corrected chi connectivity index (χ1v) is 9.72. The smallest absolute Gasteiger partial charge is 0.325 e. The van der Waals surface area contributed by atoms with Gasteiger partial charge in [-0.2, -0.15) is 0 Å². The fraction of sp³-hybridized carbons (Fsp3) is 0.550. The molecular formula is C20H27N3O5. The molecule has 2 aliphatic heterocycles. The molecule has 8 heteroatoms. The second-order valence-electron chi connectivity index (χ2n) is 7.43. The minimum absolute atomic E-state index is 0.189. The zero-order chi connectivity index (χ0) is 20.1. The zero-order valence-electron chi connectivity index (χ0n) is 16.4. The van der Waals surface area contributed by atoms with Gasteiger partial charge < -0.3 is 20.1 Å². The van der Waals surface area contributed by atoms with Gasteiger partial charge >= 0.3 is 6.03 Å². The number of hydrogen-bond acceptors (Lipinski definition) is 5. The number of fused-ring (bicyclic) bond motifs is 1. The van der Waals surface area contributed by atoms with Crippen LogP contribution < -0.4 is 20.1 Å². The summed E-state index contributed by atoms with van der Waals surface area (Å²) in [6.45, 7) is 4.01. The summed E-state index contributed by atoms with van der Waals surface area (Å²) in [7, 11) is 0. The number of nitrogens with one attached hydrogen (secondary N) is 2. The van der Waals surface area contributed by atoms with E-state index in [0.29, 0.717) is 17.9 Å². The van der Waals surface area contributed by atoms with E-state index in [2.05, 4.69) is 17.6 Å². The Kier molecular flexibility index (Phi) is 6.06. The van der Waals surface area contributed by atoms with Crippen LogP contribution in [0.2, 0.25) is 0 Å². The summed E-state index contributed by atoms with van der Waals surface area (Å²) in [5.74, 6) is 0.580. The summed E-state index contributed by atoms with van der Waals surface area (Å²) >= 11 is 0. The number of amides is 4. The van der Waals surface area contributed by atoms with Crippen molar-refractivity contribution in [3.63, 3.8) is 0 Å². The average molecular weight is 389 g/mol. The Hall–Kier alpha value is -2.77. The normalized spacial score (nSPS) is 20.4. The van der Waals surface area contributed by atoms with E-state index in [1.54, 1.807) is 19.1 Å². The van der Waals surface area contributed by atoms with Gasteiger partial charge in [0, 0.05) is 6.54 Å². The summed E-state index contributed by atoms with van der Waals surface area (Å²) in [5, 5.41) is 5.48. The van der Waals surface area contributed by atoms with Crippen LogP contribution in [0.5, 0.6) is 11.5 Å². The van der Waals surface area contributed by atoms with Crippen LogP contribution >= 0.6 is 0 Å². The van der Waals surface area contributed by atoms with Crippen LogP contribution in [-0.4, -0.2) is 41.6 Å². The molecule has 1 saturated heterocycles. The van der Waals surface area contributed by atoms with Gasteiger partial charge in [-0.15, -0.1) is 0 Å². The predicted molar refractivity (Wildman–Crippen MR) is 102 cm³/mol. The monoisotopic (exact) mass is 389 g/mol. The van der Waals surface area contributed by atoms with Crippen molar-refractivity contribution in [1.29, 1.82) is 0 Å². The summed E-state index contributed by atoms with van der Waals surface area (Å²) in [5.41, 5.74) is -0.0850. The average Bonchev–Trinajstić information content (AvgIpc) is 3.22. The number of benzene rings is 1. The molecule has 2 aliphatic rings. The first kappa shape index (κ1) is 20.0. The molecule has 0 radical (unpaired) electrons. The third-order valence-corrected chi connectivity index (χ3v) is 5.10. The third-order valence-electron chi connectivity index (χ3n) is 5.10. The molecule has 1 unspecified atom stereocenters. The number of unbranched alkanes of at least 4 members (excludes halogenated alkanes) is 3. The van der Waals surface area contributed by atoms with Crippen LogP contribution in [-0.2, 0) is 16.1 Å². The molecule has 3 rings (SSSR count). The van der Waals surface area contributed by atoms with Gasteiger partial charge in [0.05, 0.1) is 0 Å². The molecule has 2 heterocycles. The highest BCUT2D eigenvalue weighted by Crippen LogP contribution is 2.32. The number of carbonyl (C=O) groups is 3. The van der Waals surface area contributed by atoms with Gasteiger partial charge in [-0.25, -0.2) is 4.79 Å². The number of rotatable bonds is 9. The fourth-order valence-electron chi connectivity index (χ4n) is 3.42. The van der Waals surface area contributed by atoms with Gasteiger partial charge in [-0.1, -0.05) is 38.7 Å². The van der Waals surface area contributed by atoms with Crippen molar-refractivity contribution >= 4 is 17.8 Å². The van der Waals surface area contributed by atoms with Crippen molar-refractivity contribution in [2.24, 2.45) is 0 Å². The summed E-state index contributed by atoms with van der Waals surface area (Å²) in [6.07, 6.45) is 4.66. The lowest BCUT2D eigenvalue weighted by molar-refractivity contribution is -0.134. The number of imide groups is 1. The fourth-order valence-corrected chi connectivity index (χ4v) is 3.42. The predicted octanol–water partition coefficient (Wildman–Crippen LogP) is 2.31. The van der Waals surface area contributed by atoms with E-state index in [1.165, 1.54) is 0 Å². The largest absolute Gasteiger partial charge is 0.454 e. The second kappa shape index (κ2) is 8.50. The Bertz CT molecular complexity index is 766. The van der Waals surface area contributed by atoms with Gasteiger partial charge in [0.15, 0.2) is 11.5 Å². The number of urea groups is 1. The van der Waals surface area contributed by atoms with Gasteiger partial charge in [-0.05, 0) is 31.0 Å². The summed E-state index contributed by atoms with van der Waals surface area (Å²) < 4.78 is 10.6. The lowest BCUT2D eigenvalue weighted by Gasteiger charge is -2.21. The van der Waals surface area contributed by atoms with Crippen molar-refractivity contribution in [3.05, 3.63) is 23.8 Å². The molecule has 0 aliphatic carbocycles. The molecule has 1 fully saturated rings. The maximum absolute atomic E-state index is 12.7. The van der Waals surface area contributed by atoms with E-state index in [0.717, 1.165) is 36.1 Å². The molecule has 8 nitrogen and oxygen atoms in total. The molecule has 4 amide bonds. The molecule has 0 bridgehead atoms. The van der Waals surface area contributed by atoms with Crippen LogP contribution in [0.3, 0.4) is 0 Å². The molecule has 152 valence electrons. The maximum atomic E-state index is 12.7. The molecule has 0 saturated carbocycles. The van der Waals surface area contributed by atoms with Crippen LogP contribution in [0, 0.1) is 0 Å². The van der Waals surface area contributed by atoms with Crippen LogP contribution in [0.15, 0.2) is 18.2 Å². The van der Waals surface area contributed by atoms with E-state index in [9.17, 15) is 14.4 Å².